The van der Waals surface area contributed by atoms with E-state index >= 15 is 0 Å². The SMILES string of the molecule is CCOC(=O)c1cnc2c(Cl)ccc(Cl)c2c1Cl. The lowest BCUT2D eigenvalue weighted by Crippen LogP contribution is -2.06. The van der Waals surface area contributed by atoms with Crippen LogP contribution in [-0.2, 0) is 4.74 Å². The molecule has 0 atom stereocenters. The van der Waals surface area contributed by atoms with Crippen molar-refractivity contribution in [3.63, 3.8) is 0 Å². The van der Waals surface area contributed by atoms with Crippen LogP contribution in [0.5, 0.6) is 0 Å². The van der Waals surface area contributed by atoms with Crippen LogP contribution in [0.25, 0.3) is 10.9 Å². The molecule has 0 aliphatic rings. The number of pyridine rings is 1. The summed E-state index contributed by atoms with van der Waals surface area (Å²) in [6, 6.07) is 3.23. The molecule has 6 heteroatoms. The third-order valence-electron chi connectivity index (χ3n) is 2.35. The van der Waals surface area contributed by atoms with Crippen LogP contribution < -0.4 is 0 Å². The molecule has 3 nitrogen and oxygen atoms in total. The molecule has 0 aliphatic carbocycles. The average Bonchev–Trinajstić information content (AvgIpc) is 2.34. The molecule has 0 aliphatic heterocycles. The van der Waals surface area contributed by atoms with Crippen LogP contribution in [0.3, 0.4) is 0 Å². The predicted molar refractivity (Wildman–Crippen MR) is 72.7 cm³/mol. The van der Waals surface area contributed by atoms with E-state index in [0.717, 1.165) is 0 Å². The third-order valence-corrected chi connectivity index (χ3v) is 3.36. The van der Waals surface area contributed by atoms with Crippen molar-refractivity contribution < 1.29 is 9.53 Å². The molecule has 0 spiro atoms. The van der Waals surface area contributed by atoms with E-state index in [1.165, 1.54) is 6.20 Å². The number of benzene rings is 1. The average molecular weight is 305 g/mol. The second-order valence-electron chi connectivity index (χ2n) is 3.46. The molecule has 1 heterocycles. The second-order valence-corrected chi connectivity index (χ2v) is 4.65. The number of fused-ring (bicyclic) bond motifs is 1. The molecule has 0 radical (unpaired) electrons. The van der Waals surface area contributed by atoms with Gasteiger partial charge in [-0.3, -0.25) is 4.98 Å². The van der Waals surface area contributed by atoms with E-state index in [2.05, 4.69) is 4.98 Å². The molecule has 2 rings (SSSR count). The summed E-state index contributed by atoms with van der Waals surface area (Å²) in [6.45, 7) is 1.97. The number of nitrogens with zero attached hydrogens (tertiary/aromatic N) is 1. The van der Waals surface area contributed by atoms with Gasteiger partial charge in [-0.15, -0.1) is 0 Å². The molecule has 0 bridgehead atoms. The van der Waals surface area contributed by atoms with Crippen LogP contribution in [0.1, 0.15) is 17.3 Å². The van der Waals surface area contributed by atoms with E-state index in [-0.39, 0.29) is 17.2 Å². The maximum Gasteiger partial charge on any atom is 0.341 e. The summed E-state index contributed by atoms with van der Waals surface area (Å²) in [5.74, 6) is -0.534. The Labute approximate surface area is 119 Å². The zero-order chi connectivity index (χ0) is 13.3. The minimum Gasteiger partial charge on any atom is -0.462 e. The Balaban J connectivity index is 2.71. The van der Waals surface area contributed by atoms with Crippen molar-refractivity contribution >= 4 is 51.7 Å². The first-order valence-electron chi connectivity index (χ1n) is 5.15. The molecule has 0 saturated heterocycles. The summed E-state index contributed by atoms with van der Waals surface area (Å²) in [5.41, 5.74) is 0.636. The van der Waals surface area contributed by atoms with Gasteiger partial charge in [-0.2, -0.15) is 0 Å². The van der Waals surface area contributed by atoms with Crippen LogP contribution in [0.2, 0.25) is 15.1 Å². The molecule has 0 N–H and O–H groups in total. The van der Waals surface area contributed by atoms with Gasteiger partial charge >= 0.3 is 5.97 Å². The Kier molecular flexibility index (Phi) is 3.95. The summed E-state index contributed by atoms with van der Waals surface area (Å²) < 4.78 is 4.89. The maximum atomic E-state index is 11.7. The Morgan fingerprint density at radius 1 is 1.28 bits per heavy atom. The molecule has 0 amide bonds. The van der Waals surface area contributed by atoms with Gasteiger partial charge in [0.15, 0.2) is 0 Å². The van der Waals surface area contributed by atoms with Crippen molar-refractivity contribution in [1.29, 1.82) is 0 Å². The molecule has 94 valence electrons. The first kappa shape index (κ1) is 13.4. The van der Waals surface area contributed by atoms with E-state index in [4.69, 9.17) is 39.5 Å². The highest BCUT2D eigenvalue weighted by atomic mass is 35.5. The van der Waals surface area contributed by atoms with Crippen molar-refractivity contribution in [3.8, 4) is 0 Å². The van der Waals surface area contributed by atoms with Gasteiger partial charge in [0.25, 0.3) is 0 Å². The highest BCUT2D eigenvalue weighted by Crippen LogP contribution is 2.35. The number of aromatic nitrogens is 1. The lowest BCUT2D eigenvalue weighted by Gasteiger charge is -2.08. The second kappa shape index (κ2) is 5.31. The summed E-state index contributed by atoms with van der Waals surface area (Å²) in [7, 11) is 0. The maximum absolute atomic E-state index is 11.7. The van der Waals surface area contributed by atoms with E-state index in [1.54, 1.807) is 19.1 Å². The zero-order valence-electron chi connectivity index (χ0n) is 9.34. The molecular weight excluding hydrogens is 296 g/mol. The van der Waals surface area contributed by atoms with Gasteiger partial charge < -0.3 is 4.74 Å². The molecular formula is C12H8Cl3NO2. The van der Waals surface area contributed by atoms with Crippen LogP contribution >= 0.6 is 34.8 Å². The minimum atomic E-state index is -0.534. The minimum absolute atomic E-state index is 0.176. The molecule has 0 fully saturated rings. The Bertz CT molecular complexity index is 628. The van der Waals surface area contributed by atoms with Gasteiger partial charge in [0.05, 0.1) is 32.8 Å². The Hall–Kier alpha value is -1.03. The van der Waals surface area contributed by atoms with E-state index in [1.807, 2.05) is 0 Å². The normalized spacial score (nSPS) is 10.7. The number of carbonyl (C=O) groups is 1. The summed E-state index contributed by atoms with van der Waals surface area (Å²) in [6.07, 6.45) is 1.34. The van der Waals surface area contributed by atoms with Gasteiger partial charge in [0, 0.05) is 11.6 Å². The van der Waals surface area contributed by atoms with Gasteiger partial charge in [-0.1, -0.05) is 34.8 Å². The molecule has 1 aromatic heterocycles. The van der Waals surface area contributed by atoms with Crippen LogP contribution in [0, 0.1) is 0 Å². The van der Waals surface area contributed by atoms with Gasteiger partial charge in [0.2, 0.25) is 0 Å². The highest BCUT2D eigenvalue weighted by Gasteiger charge is 2.18. The number of hydrogen-bond acceptors (Lipinski definition) is 3. The fraction of sp³-hybridized carbons (Fsp3) is 0.167. The Morgan fingerprint density at radius 3 is 2.61 bits per heavy atom. The summed E-state index contributed by atoms with van der Waals surface area (Å²) >= 11 is 18.2. The predicted octanol–water partition coefficient (Wildman–Crippen LogP) is 4.37. The van der Waals surface area contributed by atoms with Crippen molar-refractivity contribution in [1.82, 2.24) is 4.98 Å². The summed E-state index contributed by atoms with van der Waals surface area (Å²) in [5, 5.41) is 1.46. The number of hydrogen-bond donors (Lipinski definition) is 0. The quantitative estimate of drug-likeness (QED) is 0.773. The standard InChI is InChI=1S/C12H8Cl3NO2/c1-2-18-12(17)6-5-16-11-8(14)4-3-7(13)9(11)10(6)15/h3-5H,2H2,1H3. The van der Waals surface area contributed by atoms with Gasteiger partial charge in [-0.05, 0) is 19.1 Å². The first-order chi connectivity index (χ1) is 8.56. The first-order valence-corrected chi connectivity index (χ1v) is 6.29. The topological polar surface area (TPSA) is 39.2 Å². The molecule has 18 heavy (non-hydrogen) atoms. The molecule has 1 aromatic carbocycles. The molecule has 0 saturated carbocycles. The van der Waals surface area contributed by atoms with Crippen molar-refractivity contribution in [2.24, 2.45) is 0 Å². The highest BCUT2D eigenvalue weighted by molar-refractivity contribution is 6.46. The lowest BCUT2D eigenvalue weighted by atomic mass is 10.1. The number of carbonyl (C=O) groups excluding carboxylic acids is 1. The van der Waals surface area contributed by atoms with Gasteiger partial charge in [-0.25, -0.2) is 4.79 Å². The molecule has 0 unspecified atom stereocenters. The van der Waals surface area contributed by atoms with Crippen LogP contribution in [-0.4, -0.2) is 17.6 Å². The number of rotatable bonds is 2. The lowest BCUT2D eigenvalue weighted by molar-refractivity contribution is 0.0526. The van der Waals surface area contributed by atoms with Crippen molar-refractivity contribution in [2.75, 3.05) is 6.61 Å². The fourth-order valence-corrected chi connectivity index (χ4v) is 2.37. The van der Waals surface area contributed by atoms with Crippen molar-refractivity contribution in [2.45, 2.75) is 6.92 Å². The zero-order valence-corrected chi connectivity index (χ0v) is 11.6. The monoisotopic (exact) mass is 303 g/mol. The van der Waals surface area contributed by atoms with Gasteiger partial charge in [0.1, 0.15) is 0 Å². The third kappa shape index (κ3) is 2.26. The Morgan fingerprint density at radius 2 is 1.94 bits per heavy atom. The fourth-order valence-electron chi connectivity index (χ4n) is 1.55. The number of ether oxygens (including phenoxy) is 1. The van der Waals surface area contributed by atoms with Crippen LogP contribution in [0.4, 0.5) is 0 Å². The van der Waals surface area contributed by atoms with Crippen LogP contribution in [0.15, 0.2) is 18.3 Å². The van der Waals surface area contributed by atoms with E-state index in [9.17, 15) is 4.79 Å². The van der Waals surface area contributed by atoms with Crippen molar-refractivity contribution in [3.05, 3.63) is 39.0 Å². The number of halogens is 3. The van der Waals surface area contributed by atoms with E-state index < -0.39 is 5.97 Å². The van der Waals surface area contributed by atoms with E-state index in [0.29, 0.717) is 20.9 Å². The number of esters is 1. The molecule has 2 aromatic rings. The smallest absolute Gasteiger partial charge is 0.341 e. The largest absolute Gasteiger partial charge is 0.462 e. The summed E-state index contributed by atoms with van der Waals surface area (Å²) in [4.78, 5) is 15.8.